The van der Waals surface area contributed by atoms with Crippen molar-refractivity contribution in [1.82, 2.24) is 5.32 Å². The van der Waals surface area contributed by atoms with Gasteiger partial charge in [-0.2, -0.15) is 0 Å². The van der Waals surface area contributed by atoms with Crippen LogP contribution in [-0.4, -0.2) is 23.7 Å². The Bertz CT molecular complexity index is 239. The third-order valence-electron chi connectivity index (χ3n) is 3.82. The molecule has 0 spiro atoms. The molecule has 1 unspecified atom stereocenters. The molecule has 0 aromatic heterocycles. The van der Waals surface area contributed by atoms with Gasteiger partial charge in [0.15, 0.2) is 0 Å². The molecule has 1 aliphatic carbocycles. The molecule has 3 heteroatoms. The monoisotopic (exact) mass is 241 g/mol. The summed E-state index contributed by atoms with van der Waals surface area (Å²) in [4.78, 5) is 11.7. The molecule has 1 aliphatic rings. The molecule has 1 atom stereocenters. The number of carbonyl (C=O) groups excluding carboxylic acids is 1. The normalized spacial score (nSPS) is 22.1. The number of rotatable bonds is 5. The molecule has 100 valence electrons. The molecule has 3 nitrogen and oxygen atoms in total. The van der Waals surface area contributed by atoms with E-state index in [9.17, 15) is 4.79 Å². The smallest absolute Gasteiger partial charge is 0.220 e. The molecular formula is C14H27NO2. The topological polar surface area (TPSA) is 49.3 Å². The average molecular weight is 241 g/mol. The van der Waals surface area contributed by atoms with Crippen molar-refractivity contribution >= 4 is 5.91 Å². The van der Waals surface area contributed by atoms with Crippen molar-refractivity contribution in [3.8, 4) is 0 Å². The molecule has 0 aliphatic heterocycles. The van der Waals surface area contributed by atoms with E-state index >= 15 is 0 Å². The van der Waals surface area contributed by atoms with Crippen molar-refractivity contribution in [3.05, 3.63) is 0 Å². The second-order valence-electron chi connectivity index (χ2n) is 6.30. The zero-order valence-electron chi connectivity index (χ0n) is 11.5. The van der Waals surface area contributed by atoms with Crippen LogP contribution in [-0.2, 0) is 4.79 Å². The van der Waals surface area contributed by atoms with Gasteiger partial charge in [0.1, 0.15) is 0 Å². The molecule has 0 saturated heterocycles. The molecule has 1 rings (SSSR count). The fraction of sp³-hybridized carbons (Fsp3) is 0.929. The van der Waals surface area contributed by atoms with Crippen LogP contribution in [0, 0.1) is 11.3 Å². The molecule has 1 saturated carbocycles. The Balaban J connectivity index is 2.15. The van der Waals surface area contributed by atoms with Crippen molar-refractivity contribution in [2.45, 2.75) is 65.4 Å². The van der Waals surface area contributed by atoms with Gasteiger partial charge in [-0.15, -0.1) is 0 Å². The number of hydrogen-bond acceptors (Lipinski definition) is 2. The van der Waals surface area contributed by atoms with E-state index in [1.807, 2.05) is 0 Å². The van der Waals surface area contributed by atoms with Crippen LogP contribution >= 0.6 is 0 Å². The Morgan fingerprint density at radius 3 is 2.53 bits per heavy atom. The predicted octanol–water partition coefficient (Wildman–Crippen LogP) is 2.48. The first-order valence-electron chi connectivity index (χ1n) is 6.84. The zero-order valence-corrected chi connectivity index (χ0v) is 11.5. The molecule has 1 fully saturated rings. The summed E-state index contributed by atoms with van der Waals surface area (Å²) in [5, 5.41) is 12.0. The van der Waals surface area contributed by atoms with Crippen LogP contribution in [0.1, 0.15) is 59.3 Å². The van der Waals surface area contributed by atoms with Gasteiger partial charge in [-0.05, 0) is 50.4 Å². The first kappa shape index (κ1) is 14.5. The third kappa shape index (κ3) is 6.06. The third-order valence-corrected chi connectivity index (χ3v) is 3.82. The van der Waals surface area contributed by atoms with Gasteiger partial charge in [0.25, 0.3) is 0 Å². The number of aliphatic hydroxyl groups excluding tert-OH is 1. The van der Waals surface area contributed by atoms with E-state index in [0.717, 1.165) is 0 Å². The molecule has 1 amide bonds. The quantitative estimate of drug-likeness (QED) is 0.777. The fourth-order valence-electron chi connectivity index (χ4n) is 2.42. The zero-order chi connectivity index (χ0) is 12.9. The fourth-order valence-corrected chi connectivity index (χ4v) is 2.42. The van der Waals surface area contributed by atoms with Crippen LogP contribution in [0.5, 0.6) is 0 Å². The van der Waals surface area contributed by atoms with E-state index in [2.05, 4.69) is 19.2 Å². The van der Waals surface area contributed by atoms with E-state index in [4.69, 9.17) is 5.11 Å². The van der Waals surface area contributed by atoms with Crippen molar-refractivity contribution in [2.24, 2.45) is 11.3 Å². The van der Waals surface area contributed by atoms with Gasteiger partial charge in [-0.1, -0.05) is 13.8 Å². The molecule has 0 aromatic rings. The van der Waals surface area contributed by atoms with Crippen LogP contribution in [0.2, 0.25) is 0 Å². The van der Waals surface area contributed by atoms with Crippen LogP contribution in [0.4, 0.5) is 0 Å². The van der Waals surface area contributed by atoms with E-state index in [1.54, 1.807) is 6.92 Å². The molecule has 0 heterocycles. The highest BCUT2D eigenvalue weighted by Gasteiger charge is 2.27. The van der Waals surface area contributed by atoms with E-state index in [-0.39, 0.29) is 12.0 Å². The van der Waals surface area contributed by atoms with Gasteiger partial charge in [0.05, 0.1) is 6.10 Å². The van der Waals surface area contributed by atoms with Crippen molar-refractivity contribution < 1.29 is 9.90 Å². The number of nitrogens with one attached hydrogen (secondary N) is 1. The minimum Gasteiger partial charge on any atom is -0.393 e. The molecule has 2 N–H and O–H groups in total. The Morgan fingerprint density at radius 2 is 2.00 bits per heavy atom. The second-order valence-corrected chi connectivity index (χ2v) is 6.30. The molecule has 0 aromatic carbocycles. The summed E-state index contributed by atoms with van der Waals surface area (Å²) in [6, 6.07) is 0. The first-order valence-corrected chi connectivity index (χ1v) is 6.84. The minimum absolute atomic E-state index is 0.148. The predicted molar refractivity (Wildman–Crippen MR) is 69.7 cm³/mol. The van der Waals surface area contributed by atoms with Gasteiger partial charge < -0.3 is 10.4 Å². The molecule has 0 bridgehead atoms. The maximum Gasteiger partial charge on any atom is 0.220 e. The summed E-state index contributed by atoms with van der Waals surface area (Å²) in [5.41, 5.74) is 0.472. The molecular weight excluding hydrogens is 214 g/mol. The minimum atomic E-state index is -0.328. The Kier molecular flexibility index (Phi) is 5.44. The number of carbonyl (C=O) groups is 1. The van der Waals surface area contributed by atoms with Gasteiger partial charge in [0, 0.05) is 13.0 Å². The van der Waals surface area contributed by atoms with Crippen molar-refractivity contribution in [2.75, 3.05) is 6.54 Å². The average Bonchev–Trinajstić information content (AvgIpc) is 2.21. The van der Waals surface area contributed by atoms with Crippen LogP contribution in [0.3, 0.4) is 0 Å². The lowest BCUT2D eigenvalue weighted by Gasteiger charge is -2.34. The van der Waals surface area contributed by atoms with Gasteiger partial charge >= 0.3 is 0 Å². The number of hydrogen-bond donors (Lipinski definition) is 2. The highest BCUT2D eigenvalue weighted by molar-refractivity contribution is 5.76. The number of amides is 1. The molecule has 17 heavy (non-hydrogen) atoms. The van der Waals surface area contributed by atoms with Gasteiger partial charge in [-0.25, -0.2) is 0 Å². The van der Waals surface area contributed by atoms with Crippen molar-refractivity contribution in [3.63, 3.8) is 0 Å². The maximum absolute atomic E-state index is 11.7. The van der Waals surface area contributed by atoms with E-state index in [0.29, 0.717) is 30.7 Å². The summed E-state index contributed by atoms with van der Waals surface area (Å²) in [6.07, 6.45) is 5.80. The Hall–Kier alpha value is -0.570. The van der Waals surface area contributed by atoms with E-state index < -0.39 is 0 Å². The highest BCUT2D eigenvalue weighted by Crippen LogP contribution is 2.38. The molecule has 0 radical (unpaired) electrons. The lowest BCUT2D eigenvalue weighted by Crippen LogP contribution is -2.30. The Labute approximate surface area is 105 Å². The van der Waals surface area contributed by atoms with Crippen LogP contribution in [0.25, 0.3) is 0 Å². The summed E-state index contributed by atoms with van der Waals surface area (Å²) in [5.74, 6) is 0.713. The Morgan fingerprint density at radius 1 is 1.41 bits per heavy atom. The second kappa shape index (κ2) is 6.39. The van der Waals surface area contributed by atoms with Gasteiger partial charge in [-0.3, -0.25) is 4.79 Å². The lowest BCUT2D eigenvalue weighted by molar-refractivity contribution is -0.122. The first-order chi connectivity index (χ1) is 7.89. The largest absolute Gasteiger partial charge is 0.393 e. The standard InChI is InChI=1S/C14H27NO2/c1-11(16)6-9-15-13(17)10-12-4-7-14(2,3)8-5-12/h11-12,16H,4-10H2,1-3H3,(H,15,17). The van der Waals surface area contributed by atoms with E-state index in [1.165, 1.54) is 25.7 Å². The van der Waals surface area contributed by atoms with Crippen molar-refractivity contribution in [1.29, 1.82) is 0 Å². The maximum atomic E-state index is 11.7. The summed E-state index contributed by atoms with van der Waals surface area (Å²) in [7, 11) is 0. The SMILES string of the molecule is CC(O)CCNC(=O)CC1CCC(C)(C)CC1. The highest BCUT2D eigenvalue weighted by atomic mass is 16.3. The number of aliphatic hydroxyl groups is 1. The van der Waals surface area contributed by atoms with Crippen LogP contribution < -0.4 is 5.32 Å². The summed E-state index contributed by atoms with van der Waals surface area (Å²) < 4.78 is 0. The van der Waals surface area contributed by atoms with Crippen LogP contribution in [0.15, 0.2) is 0 Å². The summed E-state index contributed by atoms with van der Waals surface area (Å²) >= 11 is 0. The van der Waals surface area contributed by atoms with Gasteiger partial charge in [0.2, 0.25) is 5.91 Å². The lowest BCUT2D eigenvalue weighted by atomic mass is 9.72. The summed E-state index contributed by atoms with van der Waals surface area (Å²) in [6.45, 7) is 6.96.